The average molecular weight is 424 g/mol. The van der Waals surface area contributed by atoms with E-state index in [1.807, 2.05) is 0 Å². The Morgan fingerprint density at radius 3 is 2.32 bits per heavy atom. The van der Waals surface area contributed by atoms with Gasteiger partial charge < -0.3 is 16.0 Å². The third kappa shape index (κ3) is 8.80. The van der Waals surface area contributed by atoms with Gasteiger partial charge in [0.05, 0.1) is 6.54 Å². The van der Waals surface area contributed by atoms with Crippen molar-refractivity contribution in [1.82, 2.24) is 16.0 Å². The lowest BCUT2D eigenvalue weighted by Gasteiger charge is -2.23. The van der Waals surface area contributed by atoms with Crippen LogP contribution in [-0.2, 0) is 4.79 Å². The number of nitrogens with zero attached hydrogens (tertiary/aromatic N) is 1. The van der Waals surface area contributed by atoms with E-state index in [-0.39, 0.29) is 29.9 Å². The Bertz CT molecular complexity index is 326. The van der Waals surface area contributed by atoms with E-state index in [9.17, 15) is 4.79 Å². The van der Waals surface area contributed by atoms with Gasteiger partial charge in [-0.25, -0.2) is 0 Å². The van der Waals surface area contributed by atoms with Crippen LogP contribution in [0.15, 0.2) is 4.99 Å². The zero-order valence-electron chi connectivity index (χ0n) is 14.3. The lowest BCUT2D eigenvalue weighted by molar-refractivity contribution is -0.120. The minimum atomic E-state index is 0. The Hall–Kier alpha value is -0.530. The Kier molecular flexibility index (Phi) is 12.6. The molecule has 0 bridgehead atoms. The summed E-state index contributed by atoms with van der Waals surface area (Å²) >= 11 is 0. The van der Waals surface area contributed by atoms with Crippen LogP contribution in [0.4, 0.5) is 0 Å². The van der Waals surface area contributed by atoms with Crippen LogP contribution < -0.4 is 16.0 Å². The van der Waals surface area contributed by atoms with Crippen LogP contribution in [0.3, 0.4) is 0 Å². The fourth-order valence-corrected chi connectivity index (χ4v) is 2.73. The van der Waals surface area contributed by atoms with Gasteiger partial charge in [0.2, 0.25) is 5.91 Å². The van der Waals surface area contributed by atoms with Crippen LogP contribution in [0.2, 0.25) is 0 Å². The summed E-state index contributed by atoms with van der Waals surface area (Å²) < 4.78 is 0. The topological polar surface area (TPSA) is 65.5 Å². The molecule has 5 nitrogen and oxygen atoms in total. The molecule has 0 spiro atoms. The smallest absolute Gasteiger partial charge is 0.239 e. The predicted octanol–water partition coefficient (Wildman–Crippen LogP) is 2.65. The molecule has 6 heteroatoms. The van der Waals surface area contributed by atoms with Crippen molar-refractivity contribution in [1.29, 1.82) is 0 Å². The Balaban J connectivity index is 0.00000441. The van der Waals surface area contributed by atoms with Gasteiger partial charge in [-0.1, -0.05) is 46.0 Å². The molecule has 1 fully saturated rings. The van der Waals surface area contributed by atoms with Crippen molar-refractivity contribution in [2.24, 2.45) is 10.9 Å². The summed E-state index contributed by atoms with van der Waals surface area (Å²) in [6.07, 6.45) is 8.32. The van der Waals surface area contributed by atoms with E-state index in [1.54, 1.807) is 7.05 Å². The van der Waals surface area contributed by atoms with Gasteiger partial charge in [0.1, 0.15) is 0 Å². The number of carbonyl (C=O) groups excluding carboxylic acids is 1. The number of aliphatic imine (C=N–C) groups is 1. The van der Waals surface area contributed by atoms with Crippen molar-refractivity contribution in [3.8, 4) is 0 Å². The van der Waals surface area contributed by atoms with E-state index < -0.39 is 0 Å². The van der Waals surface area contributed by atoms with Crippen molar-refractivity contribution >= 4 is 35.8 Å². The first-order valence-electron chi connectivity index (χ1n) is 8.43. The number of hydrogen-bond acceptors (Lipinski definition) is 2. The molecule has 130 valence electrons. The van der Waals surface area contributed by atoms with Gasteiger partial charge in [0.15, 0.2) is 5.96 Å². The van der Waals surface area contributed by atoms with Crippen molar-refractivity contribution < 1.29 is 4.79 Å². The highest BCUT2D eigenvalue weighted by molar-refractivity contribution is 14.0. The summed E-state index contributed by atoms with van der Waals surface area (Å²) in [5.41, 5.74) is 0. The highest BCUT2D eigenvalue weighted by Gasteiger charge is 2.15. The number of amides is 1. The normalized spacial score (nSPS) is 16.1. The molecule has 1 rings (SSSR count). The second-order valence-electron chi connectivity index (χ2n) is 5.89. The fourth-order valence-electron chi connectivity index (χ4n) is 2.73. The van der Waals surface area contributed by atoms with Crippen LogP contribution in [0.1, 0.15) is 58.8 Å². The number of guanidine groups is 1. The first-order valence-corrected chi connectivity index (χ1v) is 8.43. The number of nitrogens with one attached hydrogen (secondary N) is 3. The maximum atomic E-state index is 11.9. The van der Waals surface area contributed by atoms with Crippen molar-refractivity contribution in [3.63, 3.8) is 0 Å². The lowest BCUT2D eigenvalue weighted by atomic mass is 9.95. The van der Waals surface area contributed by atoms with E-state index in [0.717, 1.165) is 32.2 Å². The molecule has 0 radical (unpaired) electrons. The van der Waals surface area contributed by atoms with Crippen LogP contribution >= 0.6 is 24.0 Å². The van der Waals surface area contributed by atoms with Crippen LogP contribution in [-0.4, -0.2) is 38.0 Å². The van der Waals surface area contributed by atoms with Gasteiger partial charge in [0.25, 0.3) is 0 Å². The molecular weight excluding hydrogens is 391 g/mol. The monoisotopic (exact) mass is 424 g/mol. The highest BCUT2D eigenvalue weighted by atomic mass is 127. The molecular formula is C16H33IN4O. The molecule has 0 aliphatic heterocycles. The molecule has 1 aliphatic rings. The number of carbonyl (C=O) groups is 1. The molecule has 0 atom stereocenters. The second-order valence-corrected chi connectivity index (χ2v) is 5.89. The summed E-state index contributed by atoms with van der Waals surface area (Å²) in [7, 11) is 1.74. The van der Waals surface area contributed by atoms with E-state index in [1.165, 1.54) is 19.3 Å². The molecule has 22 heavy (non-hydrogen) atoms. The average Bonchev–Trinajstić information content (AvgIpc) is 2.52. The summed E-state index contributed by atoms with van der Waals surface area (Å²) in [5, 5.41) is 9.48. The van der Waals surface area contributed by atoms with Gasteiger partial charge in [-0.3, -0.25) is 9.79 Å². The molecule has 1 saturated carbocycles. The molecule has 0 aromatic carbocycles. The van der Waals surface area contributed by atoms with Gasteiger partial charge in [-0.2, -0.15) is 0 Å². The zero-order chi connectivity index (χ0) is 15.5. The van der Waals surface area contributed by atoms with E-state index >= 15 is 0 Å². The molecule has 0 aromatic heterocycles. The van der Waals surface area contributed by atoms with Gasteiger partial charge in [0, 0.05) is 19.6 Å². The zero-order valence-corrected chi connectivity index (χ0v) is 16.6. The highest BCUT2D eigenvalue weighted by Crippen LogP contribution is 2.17. The van der Waals surface area contributed by atoms with Crippen molar-refractivity contribution in [3.05, 3.63) is 0 Å². The maximum absolute atomic E-state index is 11.9. The van der Waals surface area contributed by atoms with Gasteiger partial charge >= 0.3 is 0 Å². The number of rotatable bonds is 7. The quantitative estimate of drug-likeness (QED) is 0.335. The van der Waals surface area contributed by atoms with E-state index in [4.69, 9.17) is 0 Å². The summed E-state index contributed by atoms with van der Waals surface area (Å²) in [4.78, 5) is 16.1. The Labute approximate surface area is 152 Å². The maximum Gasteiger partial charge on any atom is 0.239 e. The van der Waals surface area contributed by atoms with Crippen molar-refractivity contribution in [2.75, 3.05) is 20.1 Å². The minimum Gasteiger partial charge on any atom is -0.356 e. The number of halogens is 1. The third-order valence-corrected chi connectivity index (χ3v) is 4.32. The van der Waals surface area contributed by atoms with E-state index in [0.29, 0.717) is 24.5 Å². The summed E-state index contributed by atoms with van der Waals surface area (Å²) in [5.74, 6) is 1.42. The molecule has 1 amide bonds. The summed E-state index contributed by atoms with van der Waals surface area (Å²) in [6.45, 7) is 5.59. The largest absolute Gasteiger partial charge is 0.356 e. The molecule has 0 aromatic rings. The van der Waals surface area contributed by atoms with Gasteiger partial charge in [-0.05, 0) is 18.8 Å². The van der Waals surface area contributed by atoms with Crippen LogP contribution in [0, 0.1) is 5.92 Å². The molecule has 3 N–H and O–H groups in total. The fraction of sp³-hybridized carbons (Fsp3) is 0.875. The second kappa shape index (κ2) is 13.0. The molecule has 1 aliphatic carbocycles. The SMILES string of the molecule is CCC(CC)CNC(=NC)NCC(=O)NC1CCCCC1.I. The standard InChI is InChI=1S/C16H32N4O.HI/c1-4-13(5-2)11-18-16(17-3)19-12-15(21)20-14-9-7-6-8-10-14;/h13-14H,4-12H2,1-3H3,(H,20,21)(H2,17,18,19);1H. The Morgan fingerprint density at radius 1 is 1.14 bits per heavy atom. The molecule has 0 heterocycles. The van der Waals surface area contributed by atoms with Gasteiger partial charge in [-0.15, -0.1) is 24.0 Å². The van der Waals surface area contributed by atoms with E-state index in [2.05, 4.69) is 34.8 Å². The first kappa shape index (κ1) is 21.5. The first-order chi connectivity index (χ1) is 10.2. The van der Waals surface area contributed by atoms with Crippen molar-refractivity contribution in [2.45, 2.75) is 64.8 Å². The van der Waals surface area contributed by atoms with Crippen LogP contribution in [0.5, 0.6) is 0 Å². The molecule has 0 saturated heterocycles. The Morgan fingerprint density at radius 2 is 1.77 bits per heavy atom. The third-order valence-electron chi connectivity index (χ3n) is 4.32. The number of hydrogen-bond donors (Lipinski definition) is 3. The van der Waals surface area contributed by atoms with Crippen LogP contribution in [0.25, 0.3) is 0 Å². The molecule has 0 unspecified atom stereocenters. The summed E-state index contributed by atoms with van der Waals surface area (Å²) in [6, 6.07) is 0.368. The lowest BCUT2D eigenvalue weighted by Crippen LogP contribution is -2.46. The predicted molar refractivity (Wildman–Crippen MR) is 104 cm³/mol. The minimum absolute atomic E-state index is 0.